The fraction of sp³-hybridized carbons (Fsp3) is 0.462. The number of nitrogens with zero attached hydrogens (tertiary/aromatic N) is 2. The first-order chi connectivity index (χ1) is 8.44. The summed E-state index contributed by atoms with van der Waals surface area (Å²) >= 11 is 7.63. The molecule has 0 aliphatic heterocycles. The number of benzene rings is 1. The van der Waals surface area contributed by atoms with E-state index in [-0.39, 0.29) is 0 Å². The molecule has 2 rings (SSSR count). The maximum Gasteiger partial charge on any atom is 0.183 e. The van der Waals surface area contributed by atoms with E-state index in [0.717, 1.165) is 39.7 Å². The summed E-state index contributed by atoms with van der Waals surface area (Å²) in [5.41, 5.74) is 0.974. The molecule has 0 bridgehead atoms. The van der Waals surface area contributed by atoms with Gasteiger partial charge in [-0.3, -0.25) is 0 Å². The Hall–Kier alpha value is -0.840. The van der Waals surface area contributed by atoms with Gasteiger partial charge in [-0.1, -0.05) is 22.9 Å². The Kier molecular flexibility index (Phi) is 4.10. The lowest BCUT2D eigenvalue weighted by molar-refractivity contribution is -0.870. The zero-order valence-corrected chi connectivity index (χ0v) is 12.6. The molecule has 0 aliphatic carbocycles. The van der Waals surface area contributed by atoms with Gasteiger partial charge in [-0.2, -0.15) is 0 Å². The fourth-order valence-corrected chi connectivity index (χ4v) is 2.76. The van der Waals surface area contributed by atoms with E-state index in [9.17, 15) is 0 Å². The minimum atomic E-state index is 0.740. The van der Waals surface area contributed by atoms with E-state index >= 15 is 0 Å². The van der Waals surface area contributed by atoms with Crippen LogP contribution in [0.3, 0.4) is 0 Å². The van der Waals surface area contributed by atoms with Crippen molar-refractivity contribution in [1.29, 1.82) is 0 Å². The van der Waals surface area contributed by atoms with E-state index in [2.05, 4.69) is 31.4 Å². The van der Waals surface area contributed by atoms with Crippen LogP contribution in [0.15, 0.2) is 18.2 Å². The van der Waals surface area contributed by atoms with Gasteiger partial charge in [0.2, 0.25) is 0 Å². The third kappa shape index (κ3) is 3.83. The van der Waals surface area contributed by atoms with E-state index in [1.54, 1.807) is 11.3 Å². The van der Waals surface area contributed by atoms with Gasteiger partial charge in [-0.05, 0) is 18.2 Å². The number of fused-ring (bicyclic) bond motifs is 1. The molecule has 0 aliphatic rings. The van der Waals surface area contributed by atoms with Crippen molar-refractivity contribution in [2.45, 2.75) is 6.42 Å². The number of anilines is 1. The van der Waals surface area contributed by atoms with E-state index < -0.39 is 0 Å². The van der Waals surface area contributed by atoms with Gasteiger partial charge in [0.25, 0.3) is 0 Å². The fourth-order valence-electron chi connectivity index (χ4n) is 1.72. The summed E-state index contributed by atoms with van der Waals surface area (Å²) in [5, 5.41) is 5.10. The molecule has 0 spiro atoms. The van der Waals surface area contributed by atoms with Crippen molar-refractivity contribution >= 4 is 38.3 Å². The van der Waals surface area contributed by atoms with Crippen LogP contribution >= 0.6 is 22.9 Å². The van der Waals surface area contributed by atoms with Gasteiger partial charge in [-0.15, -0.1) is 0 Å². The molecule has 3 nitrogen and oxygen atoms in total. The molecule has 5 heteroatoms. The first-order valence-electron chi connectivity index (χ1n) is 6.04. The molecule has 18 heavy (non-hydrogen) atoms. The highest BCUT2D eigenvalue weighted by Gasteiger charge is 2.07. The van der Waals surface area contributed by atoms with E-state index in [4.69, 9.17) is 11.6 Å². The van der Waals surface area contributed by atoms with Crippen molar-refractivity contribution in [3.05, 3.63) is 23.2 Å². The predicted molar refractivity (Wildman–Crippen MR) is 80.6 cm³/mol. The van der Waals surface area contributed by atoms with Gasteiger partial charge in [0, 0.05) is 18.0 Å². The van der Waals surface area contributed by atoms with Crippen LogP contribution in [0, 0.1) is 0 Å². The Morgan fingerprint density at radius 2 is 2.11 bits per heavy atom. The summed E-state index contributed by atoms with van der Waals surface area (Å²) in [6, 6.07) is 5.83. The zero-order chi connectivity index (χ0) is 13.2. The highest BCUT2D eigenvalue weighted by molar-refractivity contribution is 7.22. The van der Waals surface area contributed by atoms with Crippen molar-refractivity contribution in [1.82, 2.24) is 4.98 Å². The molecule has 1 N–H and O–H groups in total. The predicted octanol–water partition coefficient (Wildman–Crippen LogP) is 3.46. The maximum atomic E-state index is 5.95. The molecule has 1 heterocycles. The molecular formula is C13H19ClN3S+. The van der Waals surface area contributed by atoms with E-state index in [0.29, 0.717) is 0 Å². The second-order valence-electron chi connectivity index (χ2n) is 5.43. The Morgan fingerprint density at radius 1 is 1.33 bits per heavy atom. The van der Waals surface area contributed by atoms with Crippen LogP contribution < -0.4 is 5.32 Å². The van der Waals surface area contributed by atoms with E-state index in [1.165, 1.54) is 4.70 Å². The molecular weight excluding hydrogens is 266 g/mol. The molecule has 0 atom stereocenters. The van der Waals surface area contributed by atoms with Crippen molar-refractivity contribution in [3.63, 3.8) is 0 Å². The molecule has 0 unspecified atom stereocenters. The quantitative estimate of drug-likeness (QED) is 0.672. The van der Waals surface area contributed by atoms with Crippen LogP contribution in [0.4, 0.5) is 5.13 Å². The van der Waals surface area contributed by atoms with Crippen molar-refractivity contribution in [2.24, 2.45) is 0 Å². The molecule has 0 radical (unpaired) electrons. The molecule has 0 fully saturated rings. The summed E-state index contributed by atoms with van der Waals surface area (Å²) in [4.78, 5) is 4.53. The lowest BCUT2D eigenvalue weighted by atomic mass is 10.3. The molecule has 1 aromatic heterocycles. The summed E-state index contributed by atoms with van der Waals surface area (Å²) < 4.78 is 2.17. The van der Waals surface area contributed by atoms with Gasteiger partial charge >= 0.3 is 0 Å². The maximum absolute atomic E-state index is 5.95. The molecule has 1 aromatic carbocycles. The molecule has 0 saturated heterocycles. The third-order valence-corrected chi connectivity index (χ3v) is 3.86. The SMILES string of the molecule is C[N+](C)(C)CCCNc1nc2cc(Cl)ccc2s1. The van der Waals surface area contributed by atoms with Crippen LogP contribution in [0.2, 0.25) is 5.02 Å². The number of rotatable bonds is 5. The second kappa shape index (κ2) is 5.43. The van der Waals surface area contributed by atoms with Crippen molar-refractivity contribution in [2.75, 3.05) is 39.5 Å². The average Bonchev–Trinajstić information content (AvgIpc) is 2.65. The summed E-state index contributed by atoms with van der Waals surface area (Å²) in [6.45, 7) is 2.12. The van der Waals surface area contributed by atoms with E-state index in [1.807, 2.05) is 18.2 Å². The number of hydrogen-bond donors (Lipinski definition) is 1. The largest absolute Gasteiger partial charge is 0.361 e. The Labute approximate surface area is 117 Å². The third-order valence-electron chi connectivity index (χ3n) is 2.63. The van der Waals surface area contributed by atoms with Crippen LogP contribution in [-0.2, 0) is 0 Å². The molecule has 2 aromatic rings. The highest BCUT2D eigenvalue weighted by atomic mass is 35.5. The summed E-state index contributed by atoms with van der Waals surface area (Å²) in [7, 11) is 6.62. The minimum absolute atomic E-state index is 0.740. The van der Waals surface area contributed by atoms with Gasteiger partial charge in [0.05, 0.1) is 37.9 Å². The first kappa shape index (κ1) is 13.6. The van der Waals surface area contributed by atoms with Crippen LogP contribution in [0.5, 0.6) is 0 Å². The minimum Gasteiger partial charge on any atom is -0.361 e. The van der Waals surface area contributed by atoms with Crippen LogP contribution in [0.25, 0.3) is 10.2 Å². The second-order valence-corrected chi connectivity index (χ2v) is 6.89. The zero-order valence-electron chi connectivity index (χ0n) is 11.0. The topological polar surface area (TPSA) is 24.9 Å². The van der Waals surface area contributed by atoms with Gasteiger partial charge in [0.15, 0.2) is 5.13 Å². The smallest absolute Gasteiger partial charge is 0.183 e. The Morgan fingerprint density at radius 3 is 2.83 bits per heavy atom. The summed E-state index contributed by atoms with van der Waals surface area (Å²) in [6.07, 6.45) is 1.14. The number of aromatic nitrogens is 1. The van der Waals surface area contributed by atoms with Gasteiger partial charge in [0.1, 0.15) is 0 Å². The monoisotopic (exact) mass is 284 g/mol. The Balaban J connectivity index is 1.92. The number of thiazole rings is 1. The van der Waals surface area contributed by atoms with Crippen LogP contribution in [-0.4, -0.2) is 43.7 Å². The Bertz CT molecular complexity index is 531. The molecule has 0 saturated carbocycles. The van der Waals surface area contributed by atoms with Crippen molar-refractivity contribution < 1.29 is 4.48 Å². The van der Waals surface area contributed by atoms with Gasteiger partial charge in [-0.25, -0.2) is 4.98 Å². The van der Waals surface area contributed by atoms with Crippen molar-refractivity contribution in [3.8, 4) is 0 Å². The first-order valence-corrected chi connectivity index (χ1v) is 7.24. The number of quaternary nitrogens is 1. The van der Waals surface area contributed by atoms with Crippen LogP contribution in [0.1, 0.15) is 6.42 Å². The number of hydrogen-bond acceptors (Lipinski definition) is 3. The molecule has 98 valence electrons. The lowest BCUT2D eigenvalue weighted by Crippen LogP contribution is -2.36. The van der Waals surface area contributed by atoms with Gasteiger partial charge < -0.3 is 9.80 Å². The molecule has 0 amide bonds. The standard InChI is InChI=1S/C13H19ClN3S/c1-17(2,3)8-4-7-15-13-16-11-9-10(14)5-6-12(11)18-13/h5-6,9H,4,7-8H2,1-3H3,(H,15,16)/q+1. The summed E-state index contributed by atoms with van der Waals surface area (Å²) in [5.74, 6) is 0. The normalized spacial score (nSPS) is 12.0. The number of nitrogens with one attached hydrogen (secondary N) is 1. The lowest BCUT2D eigenvalue weighted by Gasteiger charge is -2.23. The average molecular weight is 285 g/mol. The highest BCUT2D eigenvalue weighted by Crippen LogP contribution is 2.27. The number of halogens is 1.